The zero-order valence-electron chi connectivity index (χ0n) is 11.1. The van der Waals surface area contributed by atoms with E-state index in [9.17, 15) is 0 Å². The van der Waals surface area contributed by atoms with Gasteiger partial charge in [0.05, 0.1) is 0 Å². The first-order valence-corrected chi connectivity index (χ1v) is 6.62. The average Bonchev–Trinajstić information content (AvgIpc) is 2.26. The molecule has 0 saturated heterocycles. The average molecular weight is 230 g/mol. The lowest BCUT2D eigenvalue weighted by Crippen LogP contribution is -2.50. The zero-order valence-corrected chi connectivity index (χ0v) is 11.1. The van der Waals surface area contributed by atoms with Crippen molar-refractivity contribution < 1.29 is 0 Å². The second kappa shape index (κ2) is 3.49. The highest BCUT2D eigenvalue weighted by Gasteiger charge is 2.41. The molecule has 1 aromatic carbocycles. The fraction of sp³-hybridized carbons (Fsp3) is 0.600. The van der Waals surface area contributed by atoms with E-state index >= 15 is 0 Å². The molecule has 0 radical (unpaired) electrons. The van der Waals surface area contributed by atoms with E-state index in [1.807, 2.05) is 0 Å². The summed E-state index contributed by atoms with van der Waals surface area (Å²) < 4.78 is 0. The van der Waals surface area contributed by atoms with Crippen LogP contribution in [0.25, 0.3) is 0 Å². The molecule has 1 unspecified atom stereocenters. The quantitative estimate of drug-likeness (QED) is 0.694. The Kier molecular flexibility index (Phi) is 2.27. The first-order valence-electron chi connectivity index (χ1n) is 6.62. The van der Waals surface area contributed by atoms with Gasteiger partial charge in [0, 0.05) is 23.7 Å². The molecule has 0 saturated carbocycles. The Morgan fingerprint density at radius 2 is 2.00 bits per heavy atom. The van der Waals surface area contributed by atoms with E-state index in [0.29, 0.717) is 5.92 Å². The molecular weight excluding hydrogens is 208 g/mol. The number of benzene rings is 1. The van der Waals surface area contributed by atoms with E-state index in [1.165, 1.54) is 30.4 Å². The third-order valence-electron chi connectivity index (χ3n) is 4.91. The van der Waals surface area contributed by atoms with Crippen molar-refractivity contribution in [2.45, 2.75) is 51.1 Å². The van der Waals surface area contributed by atoms with Crippen molar-refractivity contribution in [1.29, 1.82) is 0 Å². The van der Waals surface area contributed by atoms with Crippen molar-refractivity contribution in [3.63, 3.8) is 0 Å². The van der Waals surface area contributed by atoms with Crippen LogP contribution in [0.15, 0.2) is 12.1 Å². The molecule has 1 atom stereocenters. The van der Waals surface area contributed by atoms with Crippen LogP contribution < -0.4 is 5.73 Å². The van der Waals surface area contributed by atoms with Gasteiger partial charge in [-0.15, -0.1) is 0 Å². The molecule has 0 spiro atoms. The van der Waals surface area contributed by atoms with Crippen LogP contribution in [0, 0.1) is 0 Å². The van der Waals surface area contributed by atoms with E-state index < -0.39 is 0 Å². The molecule has 0 bridgehead atoms. The Bertz CT molecular complexity index is 462. The third-order valence-corrected chi connectivity index (χ3v) is 4.91. The summed E-state index contributed by atoms with van der Waals surface area (Å²) in [5.41, 5.74) is 11.8. The Morgan fingerprint density at radius 3 is 2.76 bits per heavy atom. The van der Waals surface area contributed by atoms with Crippen LogP contribution in [0.5, 0.6) is 0 Å². The van der Waals surface area contributed by atoms with Crippen LogP contribution >= 0.6 is 0 Å². The van der Waals surface area contributed by atoms with E-state index in [2.05, 4.69) is 37.9 Å². The first-order chi connectivity index (χ1) is 8.00. The topological polar surface area (TPSA) is 29.3 Å². The van der Waals surface area contributed by atoms with Gasteiger partial charge < -0.3 is 5.73 Å². The number of nitrogen functional groups attached to an aromatic ring is 1. The molecule has 92 valence electrons. The predicted molar refractivity (Wildman–Crippen MR) is 72.1 cm³/mol. The van der Waals surface area contributed by atoms with Crippen molar-refractivity contribution in [1.82, 2.24) is 4.90 Å². The van der Waals surface area contributed by atoms with Gasteiger partial charge in [-0.1, -0.05) is 0 Å². The molecule has 1 heterocycles. The van der Waals surface area contributed by atoms with E-state index in [1.54, 1.807) is 5.56 Å². The van der Waals surface area contributed by atoms with Gasteiger partial charge in [0.25, 0.3) is 0 Å². The highest BCUT2D eigenvalue weighted by molar-refractivity contribution is 5.53. The summed E-state index contributed by atoms with van der Waals surface area (Å²) in [6, 6.07) is 4.38. The highest BCUT2D eigenvalue weighted by Crippen LogP contribution is 2.47. The SMILES string of the molecule is CN1Cc2cc(N)cc3c2C(CCC3)C1(C)C. The van der Waals surface area contributed by atoms with E-state index in [0.717, 1.165) is 12.2 Å². The lowest BCUT2D eigenvalue weighted by atomic mass is 9.68. The molecule has 0 amide bonds. The van der Waals surface area contributed by atoms with E-state index in [-0.39, 0.29) is 5.54 Å². The van der Waals surface area contributed by atoms with E-state index in [4.69, 9.17) is 5.73 Å². The summed E-state index contributed by atoms with van der Waals surface area (Å²) in [6.07, 6.45) is 3.84. The molecule has 2 nitrogen and oxygen atoms in total. The summed E-state index contributed by atoms with van der Waals surface area (Å²) in [6.45, 7) is 5.80. The molecular formula is C15H22N2. The maximum Gasteiger partial charge on any atom is 0.0320 e. The van der Waals surface area contributed by atoms with Crippen LogP contribution in [0.3, 0.4) is 0 Å². The Morgan fingerprint density at radius 1 is 1.29 bits per heavy atom. The van der Waals surface area contributed by atoms with Crippen LogP contribution in [0.4, 0.5) is 5.69 Å². The van der Waals surface area contributed by atoms with Crippen molar-refractivity contribution in [2.24, 2.45) is 0 Å². The van der Waals surface area contributed by atoms with Gasteiger partial charge >= 0.3 is 0 Å². The minimum absolute atomic E-state index is 0.276. The number of nitrogens with zero attached hydrogens (tertiary/aromatic N) is 1. The molecule has 3 rings (SSSR count). The summed E-state index contributed by atoms with van der Waals surface area (Å²) in [5, 5.41) is 0. The standard InChI is InChI=1S/C15H22N2/c1-15(2)13-6-4-5-10-7-12(16)8-11(14(10)13)9-17(15)3/h7-8,13H,4-6,9,16H2,1-3H3. The fourth-order valence-corrected chi connectivity index (χ4v) is 3.66. The second-order valence-corrected chi connectivity index (χ2v) is 6.21. The van der Waals surface area contributed by atoms with Gasteiger partial charge in [0.1, 0.15) is 0 Å². The highest BCUT2D eigenvalue weighted by atomic mass is 15.2. The normalized spacial score (nSPS) is 26.6. The van der Waals surface area contributed by atoms with Crippen LogP contribution in [0.2, 0.25) is 0 Å². The van der Waals surface area contributed by atoms with Gasteiger partial charge in [-0.25, -0.2) is 0 Å². The number of nitrogens with two attached hydrogens (primary N) is 1. The summed E-state index contributed by atoms with van der Waals surface area (Å²) >= 11 is 0. The van der Waals surface area contributed by atoms with Crippen LogP contribution in [0.1, 0.15) is 49.3 Å². The van der Waals surface area contributed by atoms with Crippen molar-refractivity contribution in [2.75, 3.05) is 12.8 Å². The minimum atomic E-state index is 0.276. The molecule has 2 aliphatic rings. The van der Waals surface area contributed by atoms with Crippen LogP contribution in [-0.4, -0.2) is 17.5 Å². The summed E-state index contributed by atoms with van der Waals surface area (Å²) in [7, 11) is 2.24. The lowest BCUT2D eigenvalue weighted by Gasteiger charge is -2.49. The second-order valence-electron chi connectivity index (χ2n) is 6.21. The van der Waals surface area contributed by atoms with Crippen molar-refractivity contribution in [3.8, 4) is 0 Å². The maximum atomic E-state index is 6.02. The predicted octanol–water partition coefficient (Wildman–Crippen LogP) is 2.91. The molecule has 2 N–H and O–H groups in total. The maximum absolute atomic E-state index is 6.02. The minimum Gasteiger partial charge on any atom is -0.399 e. The molecule has 1 aromatic rings. The Hall–Kier alpha value is -1.02. The van der Waals surface area contributed by atoms with Crippen LogP contribution in [-0.2, 0) is 13.0 Å². The Balaban J connectivity index is 2.21. The number of aryl methyl sites for hydroxylation is 1. The zero-order chi connectivity index (χ0) is 12.2. The molecule has 17 heavy (non-hydrogen) atoms. The largest absolute Gasteiger partial charge is 0.399 e. The molecule has 1 aliphatic carbocycles. The molecule has 0 aromatic heterocycles. The summed E-state index contributed by atoms with van der Waals surface area (Å²) in [5.74, 6) is 0.681. The molecule has 2 heteroatoms. The van der Waals surface area contributed by atoms with Crippen molar-refractivity contribution in [3.05, 3.63) is 28.8 Å². The Labute approximate surface area is 104 Å². The number of likely N-dealkylation sites (N-methyl/N-ethyl adjacent to an activating group) is 1. The molecule has 0 fully saturated rings. The fourth-order valence-electron chi connectivity index (χ4n) is 3.66. The third kappa shape index (κ3) is 1.50. The van der Waals surface area contributed by atoms with Gasteiger partial charge in [0.2, 0.25) is 0 Å². The number of hydrogen-bond acceptors (Lipinski definition) is 2. The van der Waals surface area contributed by atoms with Gasteiger partial charge in [0.15, 0.2) is 0 Å². The number of rotatable bonds is 0. The van der Waals surface area contributed by atoms with Gasteiger partial charge in [-0.05, 0) is 69.0 Å². The first kappa shape index (κ1) is 11.1. The van der Waals surface area contributed by atoms with Gasteiger partial charge in [-0.2, -0.15) is 0 Å². The van der Waals surface area contributed by atoms with Crippen molar-refractivity contribution >= 4 is 5.69 Å². The number of hydrogen-bond donors (Lipinski definition) is 1. The van der Waals surface area contributed by atoms with Gasteiger partial charge in [-0.3, -0.25) is 4.90 Å². The smallest absolute Gasteiger partial charge is 0.0320 e. The number of anilines is 1. The monoisotopic (exact) mass is 230 g/mol. The lowest BCUT2D eigenvalue weighted by molar-refractivity contribution is 0.0910. The summed E-state index contributed by atoms with van der Waals surface area (Å²) in [4.78, 5) is 2.48. The molecule has 1 aliphatic heterocycles.